The van der Waals surface area contributed by atoms with Crippen LogP contribution in [0.1, 0.15) is 11.3 Å². The third kappa shape index (κ3) is 6.43. The van der Waals surface area contributed by atoms with Crippen molar-refractivity contribution >= 4 is 35.2 Å². The second kappa shape index (κ2) is 11.9. The molecule has 6 nitrogen and oxygen atoms in total. The van der Waals surface area contributed by atoms with Crippen LogP contribution in [0.15, 0.2) is 101 Å². The largest absolute Gasteiger partial charge is 0.438 e. The van der Waals surface area contributed by atoms with Crippen LogP contribution < -0.4 is 5.32 Å². The number of amides is 1. The summed E-state index contributed by atoms with van der Waals surface area (Å²) in [6.07, 6.45) is -4.72. The molecule has 0 spiro atoms. The quantitative estimate of drug-likeness (QED) is 0.151. The molecule has 3 aromatic carbocycles. The SMILES string of the molecule is N#Cc1c(NC(=O)CSc2nc(-c3ccc(Cl)cc3)cc(C(F)(F)F)n2)oc(-c2ccccc2)c1-c1ccccc1. The summed E-state index contributed by atoms with van der Waals surface area (Å²) in [5.41, 5.74) is 1.34. The van der Waals surface area contributed by atoms with E-state index in [0.717, 1.165) is 17.8 Å². The molecule has 0 aliphatic heterocycles. The van der Waals surface area contributed by atoms with Gasteiger partial charge in [0.2, 0.25) is 11.8 Å². The molecule has 1 N–H and O–H groups in total. The summed E-state index contributed by atoms with van der Waals surface area (Å²) >= 11 is 6.62. The number of carbonyl (C=O) groups is 1. The molecule has 11 heteroatoms. The van der Waals surface area contributed by atoms with E-state index < -0.39 is 17.8 Å². The zero-order chi connectivity index (χ0) is 29.0. The molecule has 1 amide bonds. The Labute approximate surface area is 241 Å². The molecule has 2 aromatic heterocycles. The molecule has 5 aromatic rings. The molecule has 0 aliphatic carbocycles. The van der Waals surface area contributed by atoms with E-state index in [9.17, 15) is 23.2 Å². The van der Waals surface area contributed by atoms with E-state index in [1.807, 2.05) is 60.7 Å². The molecule has 0 radical (unpaired) electrons. The van der Waals surface area contributed by atoms with Crippen LogP contribution in [-0.2, 0) is 11.0 Å². The number of thioether (sulfide) groups is 1. The van der Waals surface area contributed by atoms with Gasteiger partial charge in [0.1, 0.15) is 23.1 Å². The highest BCUT2D eigenvalue weighted by Gasteiger charge is 2.34. The van der Waals surface area contributed by atoms with Gasteiger partial charge in [-0.3, -0.25) is 10.1 Å². The standard InChI is InChI=1S/C30H18ClF3N4O2S/c31-21-13-11-18(12-14-21)23-15-24(30(32,33)34)37-29(36-23)41-17-25(39)38-28-22(16-35)26(19-7-3-1-4-8-19)27(40-28)20-9-5-2-6-10-20/h1-15H,17H2,(H,38,39). The lowest BCUT2D eigenvalue weighted by molar-refractivity contribution is -0.141. The van der Waals surface area contributed by atoms with E-state index in [0.29, 0.717) is 33.0 Å². The molecule has 41 heavy (non-hydrogen) atoms. The maximum atomic E-state index is 13.6. The number of nitrogens with zero attached hydrogens (tertiary/aromatic N) is 3. The number of furan rings is 1. The molecule has 0 fully saturated rings. The van der Waals surface area contributed by atoms with Crippen LogP contribution in [0, 0.1) is 11.3 Å². The van der Waals surface area contributed by atoms with Gasteiger partial charge >= 0.3 is 6.18 Å². The van der Waals surface area contributed by atoms with Gasteiger partial charge < -0.3 is 4.42 Å². The van der Waals surface area contributed by atoms with Crippen molar-refractivity contribution in [2.75, 3.05) is 11.1 Å². The van der Waals surface area contributed by atoms with E-state index in [1.54, 1.807) is 12.1 Å². The highest BCUT2D eigenvalue weighted by atomic mass is 35.5. The Kier molecular flexibility index (Phi) is 8.10. The number of carbonyl (C=O) groups excluding carboxylic acids is 1. The number of benzene rings is 3. The zero-order valence-corrected chi connectivity index (χ0v) is 22.5. The highest BCUT2D eigenvalue weighted by molar-refractivity contribution is 7.99. The van der Waals surface area contributed by atoms with Crippen LogP contribution in [0.25, 0.3) is 33.7 Å². The molecule has 2 heterocycles. The first-order chi connectivity index (χ1) is 19.7. The van der Waals surface area contributed by atoms with E-state index in [1.165, 1.54) is 12.1 Å². The summed E-state index contributed by atoms with van der Waals surface area (Å²) in [7, 11) is 0. The topological polar surface area (TPSA) is 91.8 Å². The molecule has 0 saturated carbocycles. The van der Waals surface area contributed by atoms with Gasteiger partial charge in [-0.15, -0.1) is 0 Å². The third-order valence-electron chi connectivity index (χ3n) is 5.84. The monoisotopic (exact) mass is 590 g/mol. The van der Waals surface area contributed by atoms with Crippen LogP contribution in [-0.4, -0.2) is 21.6 Å². The van der Waals surface area contributed by atoms with Gasteiger partial charge in [0.25, 0.3) is 0 Å². The van der Waals surface area contributed by atoms with Gasteiger partial charge in [0, 0.05) is 21.7 Å². The Balaban J connectivity index is 1.42. The number of aromatic nitrogens is 2. The number of rotatable bonds is 7. The van der Waals surface area contributed by atoms with Crippen LogP contribution in [0.5, 0.6) is 0 Å². The Hall–Kier alpha value is -4.59. The molecular formula is C30H18ClF3N4O2S. The van der Waals surface area contributed by atoms with E-state index in [2.05, 4.69) is 21.4 Å². The molecule has 0 bridgehead atoms. The van der Waals surface area contributed by atoms with Gasteiger partial charge in [-0.1, -0.05) is 96.2 Å². The number of hydrogen-bond donors (Lipinski definition) is 1. The molecule has 5 rings (SSSR count). The van der Waals surface area contributed by atoms with Crippen molar-refractivity contribution in [3.63, 3.8) is 0 Å². The molecule has 0 unspecified atom stereocenters. The minimum absolute atomic E-state index is 0.0321. The van der Waals surface area contributed by atoms with Gasteiger partial charge in [0.05, 0.1) is 11.4 Å². The number of hydrogen-bond acceptors (Lipinski definition) is 6. The van der Waals surface area contributed by atoms with Crippen LogP contribution >= 0.6 is 23.4 Å². The Morgan fingerprint density at radius 2 is 1.56 bits per heavy atom. The fourth-order valence-corrected chi connectivity index (χ4v) is 4.78. The van der Waals surface area contributed by atoms with Crippen molar-refractivity contribution < 1.29 is 22.4 Å². The maximum absolute atomic E-state index is 13.6. The van der Waals surface area contributed by atoms with Crippen molar-refractivity contribution in [1.82, 2.24) is 9.97 Å². The van der Waals surface area contributed by atoms with Crippen LogP contribution in [0.4, 0.5) is 19.1 Å². The Morgan fingerprint density at radius 1 is 0.927 bits per heavy atom. The van der Waals surface area contributed by atoms with Gasteiger partial charge in [0.15, 0.2) is 5.16 Å². The first-order valence-corrected chi connectivity index (χ1v) is 13.4. The van der Waals surface area contributed by atoms with Crippen LogP contribution in [0.3, 0.4) is 0 Å². The number of alkyl halides is 3. The van der Waals surface area contributed by atoms with Crippen molar-refractivity contribution in [2.45, 2.75) is 11.3 Å². The Morgan fingerprint density at radius 3 is 2.17 bits per heavy atom. The van der Waals surface area contributed by atoms with Crippen molar-refractivity contribution in [2.24, 2.45) is 0 Å². The number of nitrogens with one attached hydrogen (secondary N) is 1. The normalized spacial score (nSPS) is 11.2. The minimum atomic E-state index is -4.72. The van der Waals surface area contributed by atoms with Crippen LogP contribution in [0.2, 0.25) is 5.02 Å². The van der Waals surface area contributed by atoms with Crippen molar-refractivity contribution in [3.05, 3.63) is 107 Å². The van der Waals surface area contributed by atoms with Crippen molar-refractivity contribution in [1.29, 1.82) is 5.26 Å². The van der Waals surface area contributed by atoms with Crippen molar-refractivity contribution in [3.8, 4) is 39.8 Å². The summed E-state index contributed by atoms with van der Waals surface area (Å²) in [5, 5.41) is 12.8. The minimum Gasteiger partial charge on any atom is -0.438 e. The molecule has 0 atom stereocenters. The average molecular weight is 591 g/mol. The van der Waals surface area contributed by atoms with E-state index in [-0.39, 0.29) is 28.1 Å². The summed E-state index contributed by atoms with van der Waals surface area (Å²) < 4.78 is 46.7. The highest BCUT2D eigenvalue weighted by Crippen LogP contribution is 2.41. The maximum Gasteiger partial charge on any atom is 0.433 e. The lowest BCUT2D eigenvalue weighted by Gasteiger charge is -2.10. The van der Waals surface area contributed by atoms with E-state index in [4.69, 9.17) is 16.0 Å². The predicted molar refractivity (Wildman–Crippen MR) is 151 cm³/mol. The predicted octanol–water partition coefficient (Wildman–Crippen LogP) is 8.35. The lowest BCUT2D eigenvalue weighted by Crippen LogP contribution is -2.15. The average Bonchev–Trinajstić information content (AvgIpc) is 3.34. The fraction of sp³-hybridized carbons (Fsp3) is 0.0667. The number of anilines is 1. The first-order valence-electron chi connectivity index (χ1n) is 12.1. The second-order valence-electron chi connectivity index (χ2n) is 8.62. The number of nitriles is 1. The smallest absolute Gasteiger partial charge is 0.433 e. The Bertz CT molecular complexity index is 1740. The molecule has 0 aliphatic rings. The summed E-state index contributed by atoms with van der Waals surface area (Å²) in [5.74, 6) is -0.630. The molecule has 204 valence electrons. The summed E-state index contributed by atoms with van der Waals surface area (Å²) in [6.45, 7) is 0. The summed E-state index contributed by atoms with van der Waals surface area (Å²) in [4.78, 5) is 20.7. The molecular weight excluding hydrogens is 573 g/mol. The first kappa shape index (κ1) is 28.0. The summed E-state index contributed by atoms with van der Waals surface area (Å²) in [6, 6.07) is 27.3. The van der Waals surface area contributed by atoms with Gasteiger partial charge in [-0.25, -0.2) is 9.97 Å². The van der Waals surface area contributed by atoms with E-state index >= 15 is 0 Å². The van der Waals surface area contributed by atoms with Gasteiger partial charge in [-0.05, 0) is 23.8 Å². The lowest BCUT2D eigenvalue weighted by atomic mass is 9.98. The molecule has 0 saturated heterocycles. The third-order valence-corrected chi connectivity index (χ3v) is 6.94. The second-order valence-corrected chi connectivity index (χ2v) is 10.00. The fourth-order valence-electron chi connectivity index (χ4n) is 4.00. The zero-order valence-electron chi connectivity index (χ0n) is 20.9. The number of halogens is 4. The van der Waals surface area contributed by atoms with Gasteiger partial charge in [-0.2, -0.15) is 18.4 Å².